The first-order valence-corrected chi connectivity index (χ1v) is 8.10. The van der Waals surface area contributed by atoms with Crippen LogP contribution in [-0.4, -0.2) is 19.2 Å². The molecule has 0 unspecified atom stereocenters. The molecule has 0 amide bonds. The molecule has 6 heteroatoms. The van der Waals surface area contributed by atoms with Crippen LogP contribution in [0.25, 0.3) is 0 Å². The second-order valence-electron chi connectivity index (χ2n) is 4.52. The quantitative estimate of drug-likeness (QED) is 0.878. The Labute approximate surface area is 124 Å². The van der Waals surface area contributed by atoms with Gasteiger partial charge in [-0.15, -0.1) is 0 Å². The van der Waals surface area contributed by atoms with Crippen molar-refractivity contribution in [1.82, 2.24) is 9.71 Å². The van der Waals surface area contributed by atoms with E-state index in [1.165, 1.54) is 0 Å². The molecular formula is C15H15N3O2S. The summed E-state index contributed by atoms with van der Waals surface area (Å²) in [6.07, 6.45) is 2.02. The van der Waals surface area contributed by atoms with Crippen LogP contribution in [0.1, 0.15) is 16.8 Å². The average Bonchev–Trinajstić information content (AvgIpc) is 2.53. The molecule has 0 saturated carbocycles. The van der Waals surface area contributed by atoms with Crippen molar-refractivity contribution < 1.29 is 8.42 Å². The highest BCUT2D eigenvalue weighted by Crippen LogP contribution is 2.04. The maximum atomic E-state index is 11.9. The maximum absolute atomic E-state index is 11.9. The van der Waals surface area contributed by atoms with Crippen LogP contribution in [-0.2, 0) is 23.0 Å². The third-order valence-electron chi connectivity index (χ3n) is 2.93. The number of hydrogen-bond acceptors (Lipinski definition) is 4. The van der Waals surface area contributed by atoms with Crippen LogP contribution in [0.4, 0.5) is 0 Å². The van der Waals surface area contributed by atoms with Gasteiger partial charge in [0.15, 0.2) is 0 Å². The number of sulfonamides is 1. The summed E-state index contributed by atoms with van der Waals surface area (Å²) >= 11 is 0. The summed E-state index contributed by atoms with van der Waals surface area (Å²) in [5, 5.41) is 8.70. The maximum Gasteiger partial charge on any atom is 0.212 e. The molecule has 0 aliphatic carbocycles. The number of aromatic nitrogens is 1. The molecule has 0 radical (unpaired) electrons. The van der Waals surface area contributed by atoms with Gasteiger partial charge in [-0.2, -0.15) is 5.26 Å². The van der Waals surface area contributed by atoms with E-state index in [1.54, 1.807) is 42.6 Å². The minimum absolute atomic E-state index is 0.000290. The first kappa shape index (κ1) is 15.2. The van der Waals surface area contributed by atoms with Gasteiger partial charge in [0.05, 0.1) is 17.4 Å². The number of rotatable bonds is 6. The summed E-state index contributed by atoms with van der Waals surface area (Å²) < 4.78 is 26.4. The Morgan fingerprint density at radius 3 is 2.52 bits per heavy atom. The fraction of sp³-hybridized carbons (Fsp3) is 0.200. The lowest BCUT2D eigenvalue weighted by atomic mass is 10.1. The Hall–Kier alpha value is -2.23. The van der Waals surface area contributed by atoms with E-state index < -0.39 is 10.0 Å². The number of hydrogen-bond donors (Lipinski definition) is 1. The highest BCUT2D eigenvalue weighted by molar-refractivity contribution is 7.89. The molecule has 0 saturated heterocycles. The van der Waals surface area contributed by atoms with E-state index in [1.807, 2.05) is 12.1 Å². The molecule has 1 aromatic heterocycles. The van der Waals surface area contributed by atoms with Crippen molar-refractivity contribution in [3.05, 3.63) is 65.5 Å². The summed E-state index contributed by atoms with van der Waals surface area (Å²) in [6.45, 7) is 0.219. The minimum Gasteiger partial charge on any atom is -0.261 e. The number of nitriles is 1. The lowest BCUT2D eigenvalue weighted by Gasteiger charge is -2.06. The second-order valence-corrected chi connectivity index (χ2v) is 6.45. The lowest BCUT2D eigenvalue weighted by molar-refractivity contribution is 0.580. The van der Waals surface area contributed by atoms with Crippen molar-refractivity contribution in [3.8, 4) is 6.07 Å². The van der Waals surface area contributed by atoms with Crippen LogP contribution in [0.5, 0.6) is 0 Å². The first-order chi connectivity index (χ1) is 10.1. The van der Waals surface area contributed by atoms with Crippen LogP contribution in [0.15, 0.2) is 48.7 Å². The van der Waals surface area contributed by atoms with Crippen LogP contribution in [0.2, 0.25) is 0 Å². The fourth-order valence-corrected chi connectivity index (χ4v) is 2.76. The highest BCUT2D eigenvalue weighted by atomic mass is 32.2. The van der Waals surface area contributed by atoms with Gasteiger partial charge in [-0.3, -0.25) is 4.98 Å². The van der Waals surface area contributed by atoms with Crippen molar-refractivity contribution in [1.29, 1.82) is 5.26 Å². The predicted molar refractivity (Wildman–Crippen MR) is 79.7 cm³/mol. The van der Waals surface area contributed by atoms with Crippen LogP contribution < -0.4 is 4.72 Å². The van der Waals surface area contributed by atoms with Gasteiger partial charge in [-0.05, 0) is 29.8 Å². The number of benzene rings is 1. The smallest absolute Gasteiger partial charge is 0.212 e. The Morgan fingerprint density at radius 2 is 1.90 bits per heavy atom. The monoisotopic (exact) mass is 301 g/mol. The zero-order chi connectivity index (χ0) is 15.1. The average molecular weight is 301 g/mol. The van der Waals surface area contributed by atoms with Crippen LogP contribution in [0, 0.1) is 11.3 Å². The van der Waals surface area contributed by atoms with Crippen molar-refractivity contribution in [3.63, 3.8) is 0 Å². The van der Waals surface area contributed by atoms with Gasteiger partial charge in [0, 0.05) is 24.9 Å². The molecule has 108 valence electrons. The molecule has 0 aliphatic heterocycles. The molecular weight excluding hydrogens is 286 g/mol. The first-order valence-electron chi connectivity index (χ1n) is 6.45. The number of nitrogens with zero attached hydrogens (tertiary/aromatic N) is 2. The summed E-state index contributed by atoms with van der Waals surface area (Å²) in [6, 6.07) is 14.2. The van der Waals surface area contributed by atoms with E-state index in [-0.39, 0.29) is 12.3 Å². The Balaban J connectivity index is 1.87. The standard InChI is InChI=1S/C15H15N3O2S/c16-11-13-4-6-14(7-5-13)12-18-21(19,20)10-8-15-3-1-2-9-17-15/h1-7,9,18H,8,10,12H2. The highest BCUT2D eigenvalue weighted by Gasteiger charge is 2.10. The van der Waals surface area contributed by atoms with Gasteiger partial charge in [0.1, 0.15) is 0 Å². The molecule has 2 aromatic rings. The van der Waals surface area contributed by atoms with Gasteiger partial charge in [-0.25, -0.2) is 13.1 Å². The summed E-state index contributed by atoms with van der Waals surface area (Å²) in [7, 11) is -3.35. The van der Waals surface area contributed by atoms with Gasteiger partial charge in [-0.1, -0.05) is 18.2 Å². The summed E-state index contributed by atoms with van der Waals surface area (Å²) in [4.78, 5) is 4.10. The zero-order valence-corrected chi connectivity index (χ0v) is 12.2. The molecule has 1 heterocycles. The number of nitrogens with one attached hydrogen (secondary N) is 1. The molecule has 21 heavy (non-hydrogen) atoms. The van der Waals surface area contributed by atoms with Crippen LogP contribution >= 0.6 is 0 Å². The SMILES string of the molecule is N#Cc1ccc(CNS(=O)(=O)CCc2ccccn2)cc1. The summed E-state index contributed by atoms with van der Waals surface area (Å²) in [5.41, 5.74) is 2.12. The molecule has 0 aliphatic rings. The molecule has 5 nitrogen and oxygen atoms in total. The van der Waals surface area contributed by atoms with Crippen LogP contribution in [0.3, 0.4) is 0 Å². The molecule has 0 spiro atoms. The van der Waals surface area contributed by atoms with E-state index in [4.69, 9.17) is 5.26 Å². The third-order valence-corrected chi connectivity index (χ3v) is 4.26. The Morgan fingerprint density at radius 1 is 1.14 bits per heavy atom. The summed E-state index contributed by atoms with van der Waals surface area (Å²) in [5.74, 6) is 0.000290. The van der Waals surface area contributed by atoms with E-state index in [0.29, 0.717) is 12.0 Å². The van der Waals surface area contributed by atoms with Gasteiger partial charge >= 0.3 is 0 Å². The Bertz CT molecular complexity index is 720. The van der Waals surface area contributed by atoms with Gasteiger partial charge in [0.25, 0.3) is 0 Å². The second kappa shape index (κ2) is 6.97. The predicted octanol–water partition coefficient (Wildman–Crippen LogP) is 1.62. The van der Waals surface area contributed by atoms with Gasteiger partial charge in [0.2, 0.25) is 10.0 Å². The molecule has 0 atom stereocenters. The van der Waals surface area contributed by atoms with E-state index in [9.17, 15) is 8.42 Å². The molecule has 2 rings (SSSR count). The van der Waals surface area contributed by atoms with E-state index >= 15 is 0 Å². The fourth-order valence-electron chi connectivity index (χ4n) is 1.75. The lowest BCUT2D eigenvalue weighted by Crippen LogP contribution is -2.27. The van der Waals surface area contributed by atoms with Crippen molar-refractivity contribution in [2.24, 2.45) is 0 Å². The minimum atomic E-state index is -3.35. The topological polar surface area (TPSA) is 82.9 Å². The number of aryl methyl sites for hydroxylation is 1. The van der Waals surface area contributed by atoms with Crippen molar-refractivity contribution in [2.75, 3.05) is 5.75 Å². The normalized spacial score (nSPS) is 11.0. The van der Waals surface area contributed by atoms with Gasteiger partial charge < -0.3 is 0 Å². The molecule has 0 bridgehead atoms. The molecule has 1 aromatic carbocycles. The van der Waals surface area contributed by atoms with Crippen molar-refractivity contribution in [2.45, 2.75) is 13.0 Å². The molecule has 1 N–H and O–H groups in total. The van der Waals surface area contributed by atoms with Crippen molar-refractivity contribution >= 4 is 10.0 Å². The number of pyridine rings is 1. The third kappa shape index (κ3) is 4.99. The molecule has 0 fully saturated rings. The Kier molecular flexibility index (Phi) is 5.04. The zero-order valence-electron chi connectivity index (χ0n) is 11.4. The van der Waals surface area contributed by atoms with E-state index in [0.717, 1.165) is 11.3 Å². The largest absolute Gasteiger partial charge is 0.261 e. The van der Waals surface area contributed by atoms with E-state index in [2.05, 4.69) is 9.71 Å².